The standard InChI is InChI=1S/C17H25NO5S/c1-17(2,3)23-16(19)22-13-15-10-7-11-24(20,21)18(15)12-14-8-5-4-6-9-14/h4-6,8-9,15H,7,10-13H2,1-3H3/t15-/m1/s1. The van der Waals surface area contributed by atoms with Crippen LogP contribution in [0.5, 0.6) is 0 Å². The van der Waals surface area contributed by atoms with Crippen molar-refractivity contribution in [2.24, 2.45) is 0 Å². The molecule has 1 aliphatic rings. The van der Waals surface area contributed by atoms with Crippen molar-refractivity contribution in [1.29, 1.82) is 0 Å². The smallest absolute Gasteiger partial charge is 0.433 e. The average Bonchev–Trinajstić information content (AvgIpc) is 2.47. The molecule has 0 aliphatic carbocycles. The molecule has 2 rings (SSSR count). The SMILES string of the molecule is CC(C)(C)OC(=O)OC[C@H]1CCCS(=O)(=O)N1Cc1ccccc1. The molecular weight excluding hydrogens is 330 g/mol. The highest BCUT2D eigenvalue weighted by molar-refractivity contribution is 7.89. The Labute approximate surface area is 143 Å². The molecule has 0 N–H and O–H groups in total. The molecule has 0 aromatic heterocycles. The molecule has 0 spiro atoms. The van der Waals surface area contributed by atoms with Gasteiger partial charge in [0.2, 0.25) is 10.0 Å². The zero-order chi connectivity index (χ0) is 17.8. The van der Waals surface area contributed by atoms with Gasteiger partial charge >= 0.3 is 6.16 Å². The van der Waals surface area contributed by atoms with E-state index in [0.717, 1.165) is 5.56 Å². The zero-order valence-corrected chi connectivity index (χ0v) is 15.2. The van der Waals surface area contributed by atoms with E-state index in [0.29, 0.717) is 12.8 Å². The summed E-state index contributed by atoms with van der Waals surface area (Å²) in [7, 11) is -3.35. The summed E-state index contributed by atoms with van der Waals surface area (Å²) in [5.41, 5.74) is 0.268. The summed E-state index contributed by atoms with van der Waals surface area (Å²) in [6.07, 6.45) is 0.454. The van der Waals surface area contributed by atoms with Crippen LogP contribution in [0.4, 0.5) is 4.79 Å². The molecule has 6 nitrogen and oxygen atoms in total. The number of benzene rings is 1. The lowest BCUT2D eigenvalue weighted by atomic mass is 10.1. The maximum atomic E-state index is 12.4. The van der Waals surface area contributed by atoms with Crippen molar-refractivity contribution in [3.63, 3.8) is 0 Å². The summed E-state index contributed by atoms with van der Waals surface area (Å²) in [6.45, 7) is 5.54. The van der Waals surface area contributed by atoms with Crippen LogP contribution in [-0.2, 0) is 26.0 Å². The summed E-state index contributed by atoms with van der Waals surface area (Å²) in [4.78, 5) is 11.7. The van der Waals surface area contributed by atoms with Gasteiger partial charge in [0, 0.05) is 6.54 Å². The monoisotopic (exact) mass is 355 g/mol. The van der Waals surface area contributed by atoms with Crippen LogP contribution in [0.1, 0.15) is 39.2 Å². The molecule has 0 bridgehead atoms. The van der Waals surface area contributed by atoms with Gasteiger partial charge in [-0.15, -0.1) is 0 Å². The third-order valence-electron chi connectivity index (χ3n) is 3.67. The van der Waals surface area contributed by atoms with Gasteiger partial charge in [0.1, 0.15) is 12.2 Å². The molecule has 1 heterocycles. The molecule has 0 radical (unpaired) electrons. The first-order valence-electron chi connectivity index (χ1n) is 8.06. The number of rotatable bonds is 4. The summed E-state index contributed by atoms with van der Waals surface area (Å²) < 4.78 is 36.5. The molecule has 7 heteroatoms. The minimum atomic E-state index is -3.35. The van der Waals surface area contributed by atoms with Crippen molar-refractivity contribution in [2.45, 2.75) is 51.8 Å². The van der Waals surface area contributed by atoms with E-state index in [1.807, 2.05) is 30.3 Å². The largest absolute Gasteiger partial charge is 0.508 e. The van der Waals surface area contributed by atoms with Crippen molar-refractivity contribution in [2.75, 3.05) is 12.4 Å². The van der Waals surface area contributed by atoms with Crippen LogP contribution in [0.15, 0.2) is 30.3 Å². The van der Waals surface area contributed by atoms with E-state index in [4.69, 9.17) is 9.47 Å². The zero-order valence-electron chi connectivity index (χ0n) is 14.4. The van der Waals surface area contributed by atoms with Gasteiger partial charge in [-0.2, -0.15) is 4.31 Å². The lowest BCUT2D eigenvalue weighted by Gasteiger charge is -2.34. The van der Waals surface area contributed by atoms with Crippen molar-refractivity contribution in [1.82, 2.24) is 4.31 Å². The Kier molecular flexibility index (Phi) is 5.87. The topological polar surface area (TPSA) is 72.9 Å². The van der Waals surface area contributed by atoms with Gasteiger partial charge in [0.05, 0.1) is 11.8 Å². The van der Waals surface area contributed by atoms with Crippen LogP contribution in [0.3, 0.4) is 0 Å². The Morgan fingerprint density at radius 2 is 1.92 bits per heavy atom. The van der Waals surface area contributed by atoms with E-state index < -0.39 is 21.8 Å². The fraction of sp³-hybridized carbons (Fsp3) is 0.588. The number of nitrogens with zero attached hydrogens (tertiary/aromatic N) is 1. The van der Waals surface area contributed by atoms with Gasteiger partial charge in [-0.25, -0.2) is 13.2 Å². The Morgan fingerprint density at radius 1 is 1.25 bits per heavy atom. The lowest BCUT2D eigenvalue weighted by molar-refractivity contribution is -0.0153. The van der Waals surface area contributed by atoms with Crippen molar-refractivity contribution < 1.29 is 22.7 Å². The highest BCUT2D eigenvalue weighted by atomic mass is 32.2. The second kappa shape index (κ2) is 7.53. The van der Waals surface area contributed by atoms with Gasteiger partial charge in [0.15, 0.2) is 0 Å². The van der Waals surface area contributed by atoms with E-state index >= 15 is 0 Å². The molecule has 1 aliphatic heterocycles. The quantitative estimate of drug-likeness (QED) is 0.777. The normalized spacial score (nSPS) is 21.2. The average molecular weight is 355 g/mol. The molecule has 1 saturated heterocycles. The summed E-state index contributed by atoms with van der Waals surface area (Å²) >= 11 is 0. The highest BCUT2D eigenvalue weighted by Gasteiger charge is 2.35. The number of carbonyl (C=O) groups excluding carboxylic acids is 1. The van der Waals surface area contributed by atoms with Gasteiger partial charge < -0.3 is 9.47 Å². The maximum absolute atomic E-state index is 12.4. The lowest BCUT2D eigenvalue weighted by Crippen LogP contribution is -2.47. The van der Waals surface area contributed by atoms with E-state index in [-0.39, 0.29) is 24.9 Å². The third-order valence-corrected chi connectivity index (χ3v) is 5.61. The molecular formula is C17H25NO5S. The molecule has 1 atom stereocenters. The van der Waals surface area contributed by atoms with Gasteiger partial charge in [-0.3, -0.25) is 0 Å². The summed E-state index contributed by atoms with van der Waals surface area (Å²) in [5.74, 6) is 0.128. The molecule has 24 heavy (non-hydrogen) atoms. The van der Waals surface area contributed by atoms with Gasteiger partial charge in [-0.1, -0.05) is 30.3 Å². The first-order chi connectivity index (χ1) is 11.2. The molecule has 1 aromatic rings. The van der Waals surface area contributed by atoms with Crippen LogP contribution in [0.25, 0.3) is 0 Å². The van der Waals surface area contributed by atoms with Crippen LogP contribution in [0, 0.1) is 0 Å². The van der Waals surface area contributed by atoms with Gasteiger partial charge in [-0.05, 0) is 39.2 Å². The summed E-state index contributed by atoms with van der Waals surface area (Å²) in [5, 5.41) is 0. The Balaban J connectivity index is 2.04. The summed E-state index contributed by atoms with van der Waals surface area (Å²) in [6, 6.07) is 9.04. The Morgan fingerprint density at radius 3 is 2.54 bits per heavy atom. The van der Waals surface area contributed by atoms with Crippen molar-refractivity contribution in [3.05, 3.63) is 35.9 Å². The number of sulfonamides is 1. The Bertz CT molecular complexity index is 651. The minimum absolute atomic E-state index is 0.000969. The predicted molar refractivity (Wildman–Crippen MR) is 91.0 cm³/mol. The molecule has 0 saturated carbocycles. The van der Waals surface area contributed by atoms with Gasteiger partial charge in [0.25, 0.3) is 0 Å². The molecule has 134 valence electrons. The first-order valence-corrected chi connectivity index (χ1v) is 9.67. The molecule has 1 aromatic carbocycles. The third kappa shape index (κ3) is 5.49. The van der Waals surface area contributed by atoms with E-state index in [9.17, 15) is 13.2 Å². The second-order valence-electron chi connectivity index (χ2n) is 6.92. The maximum Gasteiger partial charge on any atom is 0.508 e. The number of hydrogen-bond donors (Lipinski definition) is 0. The number of ether oxygens (including phenoxy) is 2. The molecule has 0 unspecified atom stereocenters. The molecule has 0 amide bonds. The Hall–Kier alpha value is -1.60. The first kappa shape index (κ1) is 18.7. The molecule has 1 fully saturated rings. The second-order valence-corrected chi connectivity index (χ2v) is 8.96. The van der Waals surface area contributed by atoms with E-state index in [1.54, 1.807) is 20.8 Å². The van der Waals surface area contributed by atoms with Crippen LogP contribution >= 0.6 is 0 Å². The van der Waals surface area contributed by atoms with E-state index in [1.165, 1.54) is 4.31 Å². The van der Waals surface area contributed by atoms with Crippen LogP contribution in [-0.4, -0.2) is 42.9 Å². The van der Waals surface area contributed by atoms with Crippen LogP contribution < -0.4 is 0 Å². The minimum Gasteiger partial charge on any atom is -0.433 e. The van der Waals surface area contributed by atoms with Crippen molar-refractivity contribution in [3.8, 4) is 0 Å². The van der Waals surface area contributed by atoms with Crippen LogP contribution in [0.2, 0.25) is 0 Å². The fourth-order valence-electron chi connectivity index (χ4n) is 2.59. The highest BCUT2D eigenvalue weighted by Crippen LogP contribution is 2.24. The number of hydrogen-bond acceptors (Lipinski definition) is 5. The number of carbonyl (C=O) groups is 1. The van der Waals surface area contributed by atoms with Crippen molar-refractivity contribution >= 4 is 16.2 Å². The predicted octanol–water partition coefficient (Wildman–Crippen LogP) is 2.93. The fourth-order valence-corrected chi connectivity index (χ4v) is 4.32. The van der Waals surface area contributed by atoms with E-state index in [2.05, 4.69) is 0 Å².